The van der Waals surface area contributed by atoms with Gasteiger partial charge in [-0.25, -0.2) is 4.99 Å². The summed E-state index contributed by atoms with van der Waals surface area (Å²) in [6.45, 7) is 1.57. The molecule has 0 bridgehead atoms. The Kier molecular flexibility index (Phi) is 4.02. The van der Waals surface area contributed by atoms with Gasteiger partial charge in [0.15, 0.2) is 10.6 Å². The Labute approximate surface area is 133 Å². The fraction of sp³-hybridized carbons (Fsp3) is 0.111. The van der Waals surface area contributed by atoms with Gasteiger partial charge in [0.1, 0.15) is 0 Å². The van der Waals surface area contributed by atoms with E-state index in [1.54, 1.807) is 18.3 Å². The lowest BCUT2D eigenvalue weighted by atomic mass is 10.1. The van der Waals surface area contributed by atoms with E-state index < -0.39 is 0 Å². The van der Waals surface area contributed by atoms with E-state index in [-0.39, 0.29) is 5.78 Å². The lowest BCUT2D eigenvalue weighted by Gasteiger charge is -2.02. The number of carbonyl (C=O) groups excluding carboxylic acids is 1. The molecule has 0 unspecified atom stereocenters. The van der Waals surface area contributed by atoms with Crippen LogP contribution in [0.3, 0.4) is 0 Å². The standard InChI is InChI=1S/C18H16N2OS/c1-13(21)15-9-6-10-16(11-15)19-18-20(2)17(12-22-18)14-7-4-3-5-8-14/h3-12H,1-2H3. The fourth-order valence-corrected chi connectivity index (χ4v) is 3.17. The van der Waals surface area contributed by atoms with E-state index in [9.17, 15) is 4.79 Å². The first kappa shape index (κ1) is 14.5. The summed E-state index contributed by atoms with van der Waals surface area (Å²) in [4.78, 5) is 17.0. The maximum absolute atomic E-state index is 11.5. The van der Waals surface area contributed by atoms with E-state index in [4.69, 9.17) is 0 Å². The van der Waals surface area contributed by atoms with Gasteiger partial charge in [0, 0.05) is 18.0 Å². The molecule has 0 radical (unpaired) electrons. The summed E-state index contributed by atoms with van der Waals surface area (Å²) in [6.07, 6.45) is 0. The average molecular weight is 308 g/mol. The second kappa shape index (κ2) is 6.12. The molecule has 3 aromatic rings. The molecule has 0 aliphatic heterocycles. The van der Waals surface area contributed by atoms with Crippen LogP contribution in [0.2, 0.25) is 0 Å². The first-order chi connectivity index (χ1) is 10.6. The van der Waals surface area contributed by atoms with Crippen molar-refractivity contribution in [2.75, 3.05) is 0 Å². The van der Waals surface area contributed by atoms with Crippen molar-refractivity contribution in [2.45, 2.75) is 6.92 Å². The summed E-state index contributed by atoms with van der Waals surface area (Å²) in [7, 11) is 2.01. The van der Waals surface area contributed by atoms with Gasteiger partial charge in [-0.1, -0.05) is 42.5 Å². The monoisotopic (exact) mass is 308 g/mol. The molecule has 3 nitrogen and oxygen atoms in total. The number of thiazole rings is 1. The van der Waals surface area contributed by atoms with Gasteiger partial charge in [0.05, 0.1) is 11.4 Å². The largest absolute Gasteiger partial charge is 0.320 e. The molecule has 0 saturated carbocycles. The minimum Gasteiger partial charge on any atom is -0.320 e. The highest BCUT2D eigenvalue weighted by atomic mass is 32.1. The number of carbonyl (C=O) groups is 1. The molecule has 110 valence electrons. The highest BCUT2D eigenvalue weighted by Crippen LogP contribution is 2.19. The van der Waals surface area contributed by atoms with E-state index in [2.05, 4.69) is 27.1 Å². The van der Waals surface area contributed by atoms with Gasteiger partial charge in [-0.15, -0.1) is 11.3 Å². The SMILES string of the molecule is CC(=O)c1cccc(N=c2scc(-c3ccccc3)n2C)c1. The minimum atomic E-state index is 0.0533. The van der Waals surface area contributed by atoms with Crippen molar-refractivity contribution >= 4 is 22.8 Å². The number of hydrogen-bond acceptors (Lipinski definition) is 3. The molecule has 4 heteroatoms. The zero-order chi connectivity index (χ0) is 15.5. The quantitative estimate of drug-likeness (QED) is 0.668. The molecule has 0 atom stereocenters. The molecule has 0 N–H and O–H groups in total. The van der Waals surface area contributed by atoms with Crippen molar-refractivity contribution in [3.8, 4) is 11.3 Å². The van der Waals surface area contributed by atoms with Crippen LogP contribution in [0, 0.1) is 0 Å². The third-order valence-electron chi connectivity index (χ3n) is 3.47. The van der Waals surface area contributed by atoms with Gasteiger partial charge in [0.2, 0.25) is 0 Å². The van der Waals surface area contributed by atoms with E-state index in [0.717, 1.165) is 16.2 Å². The number of aromatic nitrogens is 1. The van der Waals surface area contributed by atoms with Crippen molar-refractivity contribution in [3.63, 3.8) is 0 Å². The van der Waals surface area contributed by atoms with Crippen LogP contribution >= 0.6 is 11.3 Å². The van der Waals surface area contributed by atoms with Crippen LogP contribution in [0.15, 0.2) is 65.0 Å². The predicted octanol–water partition coefficient (Wildman–Crippen LogP) is 4.19. The van der Waals surface area contributed by atoms with Crippen molar-refractivity contribution < 1.29 is 4.79 Å². The van der Waals surface area contributed by atoms with E-state index in [0.29, 0.717) is 5.56 Å². The number of Topliss-reactive ketones (excluding diaryl/α,β-unsaturated/α-hetero) is 1. The second-order valence-corrected chi connectivity index (χ2v) is 5.88. The maximum atomic E-state index is 11.5. The van der Waals surface area contributed by atoms with Gasteiger partial charge in [-0.2, -0.15) is 0 Å². The Bertz CT molecular complexity index is 875. The average Bonchev–Trinajstić information content (AvgIpc) is 2.89. The topological polar surface area (TPSA) is 34.4 Å². The molecule has 0 aliphatic rings. The Hall–Kier alpha value is -2.46. The van der Waals surface area contributed by atoms with Gasteiger partial charge in [-0.05, 0) is 24.6 Å². The first-order valence-corrected chi connectivity index (χ1v) is 7.89. The van der Waals surface area contributed by atoms with Crippen LogP contribution < -0.4 is 4.80 Å². The van der Waals surface area contributed by atoms with E-state index >= 15 is 0 Å². The number of ketones is 1. The molecule has 1 aromatic heterocycles. The molecule has 3 rings (SSSR count). The number of rotatable bonds is 3. The Morgan fingerprint density at radius 1 is 1.09 bits per heavy atom. The van der Waals surface area contributed by atoms with Gasteiger partial charge in [0.25, 0.3) is 0 Å². The smallest absolute Gasteiger partial charge is 0.190 e. The lowest BCUT2D eigenvalue weighted by Crippen LogP contribution is -2.10. The van der Waals surface area contributed by atoms with Crippen LogP contribution in [0.1, 0.15) is 17.3 Å². The van der Waals surface area contributed by atoms with Crippen molar-refractivity contribution in [2.24, 2.45) is 12.0 Å². The summed E-state index contributed by atoms with van der Waals surface area (Å²) in [5.41, 5.74) is 3.78. The Morgan fingerprint density at radius 2 is 1.86 bits per heavy atom. The number of hydrogen-bond donors (Lipinski definition) is 0. The minimum absolute atomic E-state index is 0.0533. The second-order valence-electron chi connectivity index (χ2n) is 5.05. The van der Waals surface area contributed by atoms with Gasteiger partial charge >= 0.3 is 0 Å². The third kappa shape index (κ3) is 2.92. The van der Waals surface area contributed by atoms with Crippen LogP contribution in [0.4, 0.5) is 5.69 Å². The number of nitrogens with zero attached hydrogens (tertiary/aromatic N) is 2. The summed E-state index contributed by atoms with van der Waals surface area (Å²) in [5, 5.41) is 2.10. The van der Waals surface area contributed by atoms with Crippen molar-refractivity contribution in [1.29, 1.82) is 0 Å². The molecule has 0 aliphatic carbocycles. The Balaban J connectivity index is 2.05. The lowest BCUT2D eigenvalue weighted by molar-refractivity contribution is 0.101. The van der Waals surface area contributed by atoms with Crippen molar-refractivity contribution in [3.05, 3.63) is 70.3 Å². The molecule has 0 amide bonds. The normalized spacial score (nSPS) is 11.6. The summed E-state index contributed by atoms with van der Waals surface area (Å²) in [6, 6.07) is 17.6. The molecule has 1 heterocycles. The molecule has 2 aromatic carbocycles. The van der Waals surface area contributed by atoms with Crippen LogP contribution in [-0.4, -0.2) is 10.4 Å². The predicted molar refractivity (Wildman–Crippen MR) is 90.4 cm³/mol. The molecule has 0 saturated heterocycles. The van der Waals surface area contributed by atoms with Crippen LogP contribution in [0.25, 0.3) is 11.3 Å². The van der Waals surface area contributed by atoms with Gasteiger partial charge < -0.3 is 4.57 Å². The zero-order valence-corrected chi connectivity index (χ0v) is 13.3. The van der Waals surface area contributed by atoms with Crippen LogP contribution in [-0.2, 0) is 7.05 Å². The Morgan fingerprint density at radius 3 is 2.59 bits per heavy atom. The molecular formula is C18H16N2OS. The highest BCUT2D eigenvalue weighted by Gasteiger charge is 2.04. The maximum Gasteiger partial charge on any atom is 0.190 e. The van der Waals surface area contributed by atoms with E-state index in [1.807, 2.05) is 49.5 Å². The third-order valence-corrected chi connectivity index (χ3v) is 4.39. The molecule has 0 fully saturated rings. The highest BCUT2D eigenvalue weighted by molar-refractivity contribution is 7.07. The summed E-state index contributed by atoms with van der Waals surface area (Å²) < 4.78 is 2.07. The van der Waals surface area contributed by atoms with Crippen LogP contribution in [0.5, 0.6) is 0 Å². The number of benzene rings is 2. The zero-order valence-electron chi connectivity index (χ0n) is 12.5. The molecule has 0 spiro atoms. The summed E-state index contributed by atoms with van der Waals surface area (Å²) >= 11 is 1.59. The van der Waals surface area contributed by atoms with Gasteiger partial charge in [-0.3, -0.25) is 4.79 Å². The van der Waals surface area contributed by atoms with E-state index in [1.165, 1.54) is 5.56 Å². The fourth-order valence-electron chi connectivity index (χ4n) is 2.25. The first-order valence-electron chi connectivity index (χ1n) is 7.01. The molecule has 22 heavy (non-hydrogen) atoms. The summed E-state index contributed by atoms with van der Waals surface area (Å²) in [5.74, 6) is 0.0533. The molecular weight excluding hydrogens is 292 g/mol. The van der Waals surface area contributed by atoms with Crippen molar-refractivity contribution in [1.82, 2.24) is 4.57 Å².